The van der Waals surface area contributed by atoms with Gasteiger partial charge in [-0.25, -0.2) is 0 Å². The smallest absolute Gasteiger partial charge is 0.276 e. The molecule has 0 unspecified atom stereocenters. The van der Waals surface area contributed by atoms with Gasteiger partial charge in [-0.3, -0.25) is 0 Å². The molecule has 0 saturated carbocycles. The molecule has 0 aliphatic heterocycles. The van der Waals surface area contributed by atoms with E-state index in [0.717, 1.165) is 22.3 Å². The Morgan fingerprint density at radius 1 is 0.833 bits per heavy atom. The summed E-state index contributed by atoms with van der Waals surface area (Å²) >= 11 is 0. The number of hydrogen-bond donors (Lipinski definition) is 1. The topological polar surface area (TPSA) is 77.0 Å². The highest BCUT2D eigenvalue weighted by Gasteiger charge is 2.13. The van der Waals surface area contributed by atoms with E-state index in [4.69, 9.17) is 9.47 Å². The van der Waals surface area contributed by atoms with Crippen LogP contribution >= 0.6 is 0 Å². The van der Waals surface area contributed by atoms with Gasteiger partial charge in [-0.2, -0.15) is 18.4 Å². The minimum absolute atomic E-state index is 0.173. The third kappa shape index (κ3) is 4.99. The molecule has 0 radical (unpaired) electrons. The number of hydrazone groups is 1. The minimum atomic E-state index is -3.71. The SMILES string of the molecule is COc1cc(OC)cc(-c2ccc(C(C)=NNS(=O)(=O)c3ccc(C)cc3)cc2)c1. The van der Waals surface area contributed by atoms with Gasteiger partial charge in [0, 0.05) is 6.07 Å². The minimum Gasteiger partial charge on any atom is -0.497 e. The molecule has 3 rings (SSSR count). The molecular formula is C23H24N2O4S. The summed E-state index contributed by atoms with van der Waals surface area (Å²) in [5.74, 6) is 1.41. The third-order valence-electron chi connectivity index (χ3n) is 4.65. The Morgan fingerprint density at radius 2 is 1.40 bits per heavy atom. The number of hydrogen-bond acceptors (Lipinski definition) is 5. The summed E-state index contributed by atoms with van der Waals surface area (Å²) in [6.07, 6.45) is 0. The van der Waals surface area contributed by atoms with E-state index in [0.29, 0.717) is 17.2 Å². The van der Waals surface area contributed by atoms with Crippen molar-refractivity contribution in [1.29, 1.82) is 0 Å². The number of methoxy groups -OCH3 is 2. The molecule has 0 spiro atoms. The summed E-state index contributed by atoms with van der Waals surface area (Å²) in [6.45, 7) is 3.65. The maximum atomic E-state index is 12.4. The average Bonchev–Trinajstić information content (AvgIpc) is 2.77. The zero-order chi connectivity index (χ0) is 21.7. The normalized spacial score (nSPS) is 11.8. The van der Waals surface area contributed by atoms with Gasteiger partial charge in [0.05, 0.1) is 24.8 Å². The zero-order valence-corrected chi connectivity index (χ0v) is 18.2. The maximum Gasteiger partial charge on any atom is 0.276 e. The van der Waals surface area contributed by atoms with Gasteiger partial charge in [-0.15, -0.1) is 0 Å². The monoisotopic (exact) mass is 424 g/mol. The summed E-state index contributed by atoms with van der Waals surface area (Å²) < 4.78 is 35.4. The Morgan fingerprint density at radius 3 is 1.93 bits per heavy atom. The highest BCUT2D eigenvalue weighted by Crippen LogP contribution is 2.30. The highest BCUT2D eigenvalue weighted by molar-refractivity contribution is 7.89. The van der Waals surface area contributed by atoms with Crippen molar-refractivity contribution >= 4 is 15.7 Å². The largest absolute Gasteiger partial charge is 0.497 e. The lowest BCUT2D eigenvalue weighted by atomic mass is 10.0. The summed E-state index contributed by atoms with van der Waals surface area (Å²) in [4.78, 5) is 2.47. The molecule has 0 atom stereocenters. The lowest BCUT2D eigenvalue weighted by molar-refractivity contribution is 0.394. The molecule has 156 valence electrons. The van der Waals surface area contributed by atoms with E-state index >= 15 is 0 Å². The fourth-order valence-electron chi connectivity index (χ4n) is 2.84. The molecule has 0 heterocycles. The third-order valence-corrected chi connectivity index (χ3v) is 5.88. The molecule has 0 fully saturated rings. The standard InChI is InChI=1S/C23H24N2O4S/c1-16-5-11-23(12-6-16)30(26,27)25-24-17(2)18-7-9-19(10-8-18)20-13-21(28-3)15-22(14-20)29-4/h5-15,25H,1-4H3. The fourth-order valence-corrected chi connectivity index (χ4v) is 3.70. The zero-order valence-electron chi connectivity index (χ0n) is 17.3. The number of nitrogens with one attached hydrogen (secondary N) is 1. The van der Waals surface area contributed by atoms with Crippen LogP contribution in [0.1, 0.15) is 18.1 Å². The molecule has 7 heteroatoms. The molecule has 0 amide bonds. The fraction of sp³-hybridized carbons (Fsp3) is 0.174. The van der Waals surface area contributed by atoms with Gasteiger partial charge < -0.3 is 9.47 Å². The Bertz CT molecular complexity index is 1130. The van der Waals surface area contributed by atoms with Crippen molar-refractivity contribution in [3.05, 3.63) is 77.9 Å². The van der Waals surface area contributed by atoms with Gasteiger partial charge in [0.1, 0.15) is 11.5 Å². The lowest BCUT2D eigenvalue weighted by Gasteiger charge is -2.10. The van der Waals surface area contributed by atoms with E-state index in [9.17, 15) is 8.42 Å². The number of aryl methyl sites for hydroxylation is 1. The van der Waals surface area contributed by atoms with E-state index in [1.807, 2.05) is 49.4 Å². The predicted octanol–water partition coefficient (Wildman–Crippen LogP) is 4.38. The van der Waals surface area contributed by atoms with E-state index in [1.165, 1.54) is 0 Å². The van der Waals surface area contributed by atoms with Gasteiger partial charge >= 0.3 is 0 Å². The molecule has 6 nitrogen and oxygen atoms in total. The molecular weight excluding hydrogens is 400 g/mol. The van der Waals surface area contributed by atoms with Crippen LogP contribution in [0.2, 0.25) is 0 Å². The summed E-state index contributed by atoms with van der Waals surface area (Å²) in [5.41, 5.74) is 4.28. The first-order chi connectivity index (χ1) is 14.3. The van der Waals surface area contributed by atoms with Gasteiger partial charge in [0.15, 0.2) is 0 Å². The van der Waals surface area contributed by atoms with Crippen molar-refractivity contribution in [2.45, 2.75) is 18.7 Å². The first kappa shape index (κ1) is 21.4. The average molecular weight is 425 g/mol. The highest BCUT2D eigenvalue weighted by atomic mass is 32.2. The quantitative estimate of drug-likeness (QED) is 0.451. The molecule has 0 saturated heterocycles. The van der Waals surface area contributed by atoms with E-state index in [-0.39, 0.29) is 4.90 Å². The van der Waals surface area contributed by atoms with Crippen LogP contribution in [0.5, 0.6) is 11.5 Å². The van der Waals surface area contributed by atoms with Gasteiger partial charge in [0.2, 0.25) is 0 Å². The van der Waals surface area contributed by atoms with Crippen molar-refractivity contribution in [3.8, 4) is 22.6 Å². The second-order valence-electron chi connectivity index (χ2n) is 6.78. The van der Waals surface area contributed by atoms with Crippen LogP contribution in [0, 0.1) is 6.92 Å². The van der Waals surface area contributed by atoms with E-state index in [1.54, 1.807) is 45.4 Å². The van der Waals surface area contributed by atoms with Crippen molar-refractivity contribution < 1.29 is 17.9 Å². The van der Waals surface area contributed by atoms with Gasteiger partial charge in [-0.1, -0.05) is 42.0 Å². The number of sulfonamides is 1. The molecule has 1 N–H and O–H groups in total. The van der Waals surface area contributed by atoms with Crippen molar-refractivity contribution in [2.24, 2.45) is 5.10 Å². The summed E-state index contributed by atoms with van der Waals surface area (Å²) in [6, 6.07) is 19.9. The van der Waals surface area contributed by atoms with Crippen LogP contribution in [-0.4, -0.2) is 28.3 Å². The number of benzene rings is 3. The van der Waals surface area contributed by atoms with Crippen molar-refractivity contribution in [3.63, 3.8) is 0 Å². The predicted molar refractivity (Wildman–Crippen MR) is 119 cm³/mol. The molecule has 0 bridgehead atoms. The molecule has 0 aromatic heterocycles. The second kappa shape index (κ2) is 9.00. The molecule has 3 aromatic rings. The van der Waals surface area contributed by atoms with Crippen LogP contribution in [0.3, 0.4) is 0 Å². The Balaban J connectivity index is 1.79. The first-order valence-corrected chi connectivity index (χ1v) is 10.8. The van der Waals surface area contributed by atoms with Crippen LogP contribution in [-0.2, 0) is 10.0 Å². The second-order valence-corrected chi connectivity index (χ2v) is 8.44. The Labute approximate surface area is 177 Å². The van der Waals surface area contributed by atoms with E-state index < -0.39 is 10.0 Å². The van der Waals surface area contributed by atoms with E-state index in [2.05, 4.69) is 9.93 Å². The van der Waals surface area contributed by atoms with Crippen LogP contribution in [0.15, 0.2) is 76.7 Å². The van der Waals surface area contributed by atoms with Crippen LogP contribution in [0.25, 0.3) is 11.1 Å². The lowest BCUT2D eigenvalue weighted by Crippen LogP contribution is -2.19. The maximum absolute atomic E-state index is 12.4. The Kier molecular flexibility index (Phi) is 6.42. The summed E-state index contributed by atoms with van der Waals surface area (Å²) in [7, 11) is -0.491. The first-order valence-electron chi connectivity index (χ1n) is 9.29. The molecule has 3 aromatic carbocycles. The van der Waals surface area contributed by atoms with Crippen LogP contribution in [0.4, 0.5) is 0 Å². The molecule has 30 heavy (non-hydrogen) atoms. The van der Waals surface area contributed by atoms with Crippen molar-refractivity contribution in [1.82, 2.24) is 4.83 Å². The van der Waals surface area contributed by atoms with Gasteiger partial charge in [-0.05, 0) is 54.8 Å². The number of rotatable bonds is 7. The van der Waals surface area contributed by atoms with Gasteiger partial charge in [0.25, 0.3) is 10.0 Å². The molecule has 0 aliphatic carbocycles. The molecule has 0 aliphatic rings. The number of ether oxygens (including phenoxy) is 2. The number of nitrogens with zero attached hydrogens (tertiary/aromatic N) is 1. The summed E-state index contributed by atoms with van der Waals surface area (Å²) in [5, 5.41) is 4.06. The van der Waals surface area contributed by atoms with Crippen LogP contribution < -0.4 is 14.3 Å². The Hall–Kier alpha value is -3.32. The van der Waals surface area contributed by atoms with Crippen molar-refractivity contribution in [2.75, 3.05) is 14.2 Å².